The molecule has 0 amide bonds. The van der Waals surface area contributed by atoms with Gasteiger partial charge in [-0.05, 0) is 0 Å². The van der Waals surface area contributed by atoms with Crippen molar-refractivity contribution in [3.63, 3.8) is 0 Å². The summed E-state index contributed by atoms with van der Waals surface area (Å²) in [5, 5.41) is 9.50. The summed E-state index contributed by atoms with van der Waals surface area (Å²) in [6, 6.07) is 0. The van der Waals surface area contributed by atoms with Crippen LogP contribution in [0.3, 0.4) is 0 Å². The van der Waals surface area contributed by atoms with E-state index in [-0.39, 0.29) is 0 Å². The molecule has 0 N–H and O–H groups in total. The Morgan fingerprint density at radius 2 is 1.40 bits per heavy atom. The van der Waals surface area contributed by atoms with E-state index in [0.717, 1.165) is 0 Å². The standard InChI is InChI=1S/Al.2B.O.Ti.H. The van der Waals surface area contributed by atoms with Gasteiger partial charge in [-0.2, -0.15) is 0 Å². The molecule has 1 nitrogen and oxygen atoms in total. The van der Waals surface area contributed by atoms with Gasteiger partial charge in [0.1, 0.15) is 0 Å². The molecular weight excluding hydrogens is 112 g/mol. The molecule has 0 aromatic rings. The van der Waals surface area contributed by atoms with Crippen LogP contribution in [-0.4, -0.2) is 27.0 Å². The average molecular weight is 113 g/mol. The Labute approximate surface area is 48.1 Å². The van der Waals surface area contributed by atoms with Gasteiger partial charge in [0.25, 0.3) is 0 Å². The molecule has 0 radical (unpaired) electrons. The van der Waals surface area contributed by atoms with Gasteiger partial charge in [-0.25, -0.2) is 0 Å². The monoisotopic (exact) mass is 114 g/mol. The van der Waals surface area contributed by atoms with Crippen molar-refractivity contribution in [2.75, 3.05) is 0 Å². The molecule has 20 valence electrons. The van der Waals surface area contributed by atoms with Crippen molar-refractivity contribution in [1.82, 2.24) is 0 Å². The second kappa shape index (κ2) is 19.1. The van der Waals surface area contributed by atoms with Crippen molar-refractivity contribution < 1.29 is 21.2 Å². The van der Waals surface area contributed by atoms with Gasteiger partial charge < -0.3 is 0 Å². The third kappa shape index (κ3) is 37.7. The SMILES string of the molecule is [B]#[Ti]#[B].[O]=[AlH]. The van der Waals surface area contributed by atoms with Gasteiger partial charge in [0.2, 0.25) is 0 Å². The third-order valence-electron chi connectivity index (χ3n) is 0. The Morgan fingerprint density at radius 1 is 1.40 bits per heavy atom. The van der Waals surface area contributed by atoms with Gasteiger partial charge in [0.15, 0.2) is 0 Å². The van der Waals surface area contributed by atoms with E-state index in [0.29, 0.717) is 16.2 Å². The van der Waals surface area contributed by atoms with Crippen LogP contribution >= 0.6 is 0 Å². The molecule has 0 unspecified atom stereocenters. The van der Waals surface area contributed by atoms with E-state index in [2.05, 4.69) is 0 Å². The van der Waals surface area contributed by atoms with Crippen molar-refractivity contribution in [1.29, 1.82) is 0 Å². The average Bonchev–Trinajstić information content (AvgIpc) is 1.46. The molecule has 0 aromatic heterocycles. The van der Waals surface area contributed by atoms with E-state index >= 15 is 0 Å². The van der Waals surface area contributed by atoms with Gasteiger partial charge >= 0.3 is 48.1 Å². The van der Waals surface area contributed by atoms with Crippen LogP contribution in [0.15, 0.2) is 0 Å². The van der Waals surface area contributed by atoms with Gasteiger partial charge in [-0.1, -0.05) is 0 Å². The molecule has 5 heteroatoms. The van der Waals surface area contributed by atoms with E-state index < -0.39 is 17.4 Å². The molecule has 0 rings (SSSR count). The Morgan fingerprint density at radius 3 is 1.40 bits per heavy atom. The van der Waals surface area contributed by atoms with Crippen LogP contribution in [0.2, 0.25) is 0 Å². The van der Waals surface area contributed by atoms with E-state index in [9.17, 15) is 0 Å². The van der Waals surface area contributed by atoms with Crippen LogP contribution < -0.4 is 0 Å². The van der Waals surface area contributed by atoms with Crippen molar-refractivity contribution >= 4 is 27.0 Å². The molecule has 0 saturated carbocycles. The molecule has 0 heterocycles. The zero-order chi connectivity index (χ0) is 4.71. The summed E-state index contributed by atoms with van der Waals surface area (Å²) in [5.74, 6) is 0. The summed E-state index contributed by atoms with van der Waals surface area (Å²) in [4.78, 5) is 0. The summed E-state index contributed by atoms with van der Waals surface area (Å²) in [7, 11) is 0. The van der Waals surface area contributed by atoms with Gasteiger partial charge in [0.05, 0.1) is 0 Å². The normalized spacial score (nSPS) is 5.40. The van der Waals surface area contributed by atoms with Crippen LogP contribution in [0, 0.1) is 0 Å². The van der Waals surface area contributed by atoms with E-state index in [1.165, 1.54) is 0 Å². The molecule has 0 fully saturated rings. The minimum absolute atomic E-state index is 0.500. The molecule has 0 aromatic carbocycles. The minimum atomic E-state index is -0.500. The second-order valence-electron chi connectivity index (χ2n) is 0.167. The molecule has 0 aliphatic heterocycles. The predicted molar refractivity (Wildman–Crippen MR) is 19.3 cm³/mol. The summed E-state index contributed by atoms with van der Waals surface area (Å²) in [5.41, 5.74) is 0. The van der Waals surface area contributed by atoms with Crippen LogP contribution in [-0.2, 0) is 21.2 Å². The summed E-state index contributed by atoms with van der Waals surface area (Å²) in [6.07, 6.45) is 0. The number of hydrogen-bond acceptors (Lipinski definition) is 1. The zero-order valence-electron chi connectivity index (χ0n) is 2.77. The summed E-state index contributed by atoms with van der Waals surface area (Å²) < 4.78 is 8.28. The first-order valence-corrected chi connectivity index (χ1v) is 3.25. The predicted octanol–water partition coefficient (Wildman–Crippen LogP) is -1.53. The van der Waals surface area contributed by atoms with Gasteiger partial charge in [-0.15, -0.1) is 0 Å². The van der Waals surface area contributed by atoms with Crippen LogP contribution in [0.1, 0.15) is 0 Å². The maximum absolute atomic E-state index is 8.28. The van der Waals surface area contributed by atoms with Crippen LogP contribution in [0.25, 0.3) is 0 Å². The first-order chi connectivity index (χ1) is 2.41. The molecule has 0 aliphatic rings. The van der Waals surface area contributed by atoms with Crippen molar-refractivity contribution in [2.24, 2.45) is 0 Å². The quantitative estimate of drug-likeness (QED) is 0.349. The van der Waals surface area contributed by atoms with Crippen LogP contribution in [0.4, 0.5) is 0 Å². The Balaban J connectivity index is 0. The number of rotatable bonds is 0. The molecule has 0 saturated heterocycles. The fourth-order valence-corrected chi connectivity index (χ4v) is 0. The van der Waals surface area contributed by atoms with Gasteiger partial charge in [-0.3, -0.25) is 0 Å². The summed E-state index contributed by atoms with van der Waals surface area (Å²) >= 11 is 0.111. The summed E-state index contributed by atoms with van der Waals surface area (Å²) in [6.45, 7) is 0. The topological polar surface area (TPSA) is 17.1 Å². The first kappa shape index (κ1) is 9.49. The Hall–Kier alpha value is 1.18. The molecule has 0 aliphatic carbocycles. The molecule has 0 atom stereocenters. The number of hydrogen-bond donors (Lipinski definition) is 0. The fourth-order valence-electron chi connectivity index (χ4n) is 0. The Bertz CT molecular complexity index is 93.6. The molecule has 0 bridgehead atoms. The van der Waals surface area contributed by atoms with E-state index in [1.807, 2.05) is 0 Å². The first-order valence-electron chi connectivity index (χ1n) is 0.866. The van der Waals surface area contributed by atoms with Crippen molar-refractivity contribution in [2.45, 2.75) is 0 Å². The van der Waals surface area contributed by atoms with E-state index in [1.54, 1.807) is 0 Å². The Kier molecular flexibility index (Phi) is 36.2. The van der Waals surface area contributed by atoms with E-state index in [4.69, 9.17) is 14.6 Å². The molecule has 5 heavy (non-hydrogen) atoms. The molecule has 0 spiro atoms. The molecular formula is HAlB2OTi. The van der Waals surface area contributed by atoms with Crippen molar-refractivity contribution in [3.05, 3.63) is 0 Å². The maximum atomic E-state index is 8.28. The third-order valence-corrected chi connectivity index (χ3v) is 0. The fraction of sp³-hybridized carbons (Fsp3) is 0. The van der Waals surface area contributed by atoms with Crippen LogP contribution in [0.5, 0.6) is 0 Å². The zero-order valence-corrected chi connectivity index (χ0v) is 5.75. The van der Waals surface area contributed by atoms with Crippen molar-refractivity contribution in [3.8, 4) is 0 Å². The second-order valence-corrected chi connectivity index (χ2v) is 0.687. The van der Waals surface area contributed by atoms with Gasteiger partial charge in [0, 0.05) is 0 Å².